The van der Waals surface area contributed by atoms with E-state index >= 15 is 0 Å². The first-order chi connectivity index (χ1) is 12.6. The summed E-state index contributed by atoms with van der Waals surface area (Å²) in [6, 6.07) is 0. The SMILES string of the molecule is CC(C)c1cnccn1.CC1CCCCC1.CNc1cncc(CF)n1. The van der Waals surface area contributed by atoms with Crippen molar-refractivity contribution in [1.82, 2.24) is 19.9 Å². The maximum absolute atomic E-state index is 11.9. The average Bonchev–Trinajstić information content (AvgIpc) is 2.70. The van der Waals surface area contributed by atoms with Crippen LogP contribution < -0.4 is 5.32 Å². The molecule has 0 amide bonds. The number of nitrogens with zero attached hydrogens (tertiary/aromatic N) is 4. The van der Waals surface area contributed by atoms with Crippen molar-refractivity contribution in [2.24, 2.45) is 5.92 Å². The third kappa shape index (κ3) is 9.39. The molecule has 0 aromatic carbocycles. The van der Waals surface area contributed by atoms with E-state index < -0.39 is 6.67 Å². The van der Waals surface area contributed by atoms with Gasteiger partial charge in [-0.05, 0) is 11.8 Å². The Labute approximate surface area is 156 Å². The maximum Gasteiger partial charge on any atom is 0.144 e. The highest BCUT2D eigenvalue weighted by molar-refractivity contribution is 5.30. The molecule has 0 bridgehead atoms. The van der Waals surface area contributed by atoms with Crippen molar-refractivity contribution in [2.75, 3.05) is 12.4 Å². The highest BCUT2D eigenvalue weighted by Gasteiger charge is 2.06. The Morgan fingerprint density at radius 1 is 1.08 bits per heavy atom. The number of anilines is 1. The largest absolute Gasteiger partial charge is 0.372 e. The molecule has 26 heavy (non-hydrogen) atoms. The molecule has 1 saturated carbocycles. The van der Waals surface area contributed by atoms with Crippen LogP contribution >= 0.6 is 0 Å². The summed E-state index contributed by atoms with van der Waals surface area (Å²) < 4.78 is 11.9. The zero-order valence-electron chi connectivity index (χ0n) is 16.5. The fourth-order valence-corrected chi connectivity index (χ4v) is 2.51. The van der Waals surface area contributed by atoms with Crippen molar-refractivity contribution in [3.8, 4) is 0 Å². The van der Waals surface area contributed by atoms with E-state index in [-0.39, 0.29) is 0 Å². The molecule has 0 spiro atoms. The van der Waals surface area contributed by atoms with Crippen molar-refractivity contribution >= 4 is 5.82 Å². The molecule has 1 N–H and O–H groups in total. The van der Waals surface area contributed by atoms with Crippen LogP contribution in [-0.4, -0.2) is 27.0 Å². The van der Waals surface area contributed by atoms with Gasteiger partial charge < -0.3 is 5.32 Å². The van der Waals surface area contributed by atoms with Crippen LogP contribution in [0.2, 0.25) is 0 Å². The lowest BCUT2D eigenvalue weighted by Gasteiger charge is -2.15. The number of hydrogen-bond donors (Lipinski definition) is 1. The van der Waals surface area contributed by atoms with Crippen LogP contribution in [0.1, 0.15) is 70.2 Å². The standard InChI is InChI=1S/C7H10N2.C7H14.C6H8FN3/c1-6(2)7-5-8-3-4-9-7;1-7-5-3-2-4-6-7;1-8-6-4-9-3-5(2-7)10-6/h3-6H,1-2H3;7H,2-6H2,1H3;3-4H,2H2,1H3,(H,8,10). The van der Waals surface area contributed by atoms with Crippen LogP contribution in [0.4, 0.5) is 10.2 Å². The minimum absolute atomic E-state index is 0.354. The molecular weight excluding hydrogens is 329 g/mol. The van der Waals surface area contributed by atoms with Crippen molar-refractivity contribution in [2.45, 2.75) is 65.5 Å². The third-order valence-corrected chi connectivity index (χ3v) is 4.15. The van der Waals surface area contributed by atoms with Gasteiger partial charge in [-0.2, -0.15) is 0 Å². The Hall–Kier alpha value is -2.11. The van der Waals surface area contributed by atoms with Crippen LogP contribution in [0, 0.1) is 5.92 Å². The van der Waals surface area contributed by atoms with Gasteiger partial charge in [0.2, 0.25) is 0 Å². The molecule has 1 aliphatic rings. The molecule has 0 atom stereocenters. The second-order valence-electron chi connectivity index (χ2n) is 6.81. The first-order valence-corrected chi connectivity index (χ1v) is 9.37. The summed E-state index contributed by atoms with van der Waals surface area (Å²) in [6.07, 6.45) is 15.6. The molecular formula is C20H32FN5. The predicted molar refractivity (Wildman–Crippen MR) is 105 cm³/mol. The number of aromatic nitrogens is 4. The summed E-state index contributed by atoms with van der Waals surface area (Å²) in [5.41, 5.74) is 1.41. The molecule has 144 valence electrons. The predicted octanol–water partition coefficient (Wildman–Crippen LogP) is 5.17. The van der Waals surface area contributed by atoms with Crippen molar-refractivity contribution in [1.29, 1.82) is 0 Å². The van der Waals surface area contributed by atoms with Gasteiger partial charge in [0.15, 0.2) is 0 Å². The van der Waals surface area contributed by atoms with Crippen LogP contribution in [-0.2, 0) is 6.67 Å². The normalized spacial score (nSPS) is 13.9. The van der Waals surface area contributed by atoms with Gasteiger partial charge in [0.25, 0.3) is 0 Å². The van der Waals surface area contributed by atoms with Crippen molar-refractivity contribution in [3.05, 3.63) is 42.4 Å². The first-order valence-electron chi connectivity index (χ1n) is 9.37. The van der Waals surface area contributed by atoms with E-state index in [1.54, 1.807) is 31.8 Å². The Morgan fingerprint density at radius 2 is 1.81 bits per heavy atom. The first kappa shape index (κ1) is 21.9. The average molecular weight is 362 g/mol. The number of rotatable bonds is 3. The third-order valence-electron chi connectivity index (χ3n) is 4.15. The summed E-state index contributed by atoms with van der Waals surface area (Å²) in [5, 5.41) is 2.76. The lowest BCUT2D eigenvalue weighted by molar-refractivity contribution is 0.385. The minimum Gasteiger partial charge on any atom is -0.372 e. The number of halogens is 1. The molecule has 0 saturated heterocycles. The molecule has 1 aliphatic carbocycles. The monoisotopic (exact) mass is 361 g/mol. The number of nitrogens with one attached hydrogen (secondary N) is 1. The van der Waals surface area contributed by atoms with Gasteiger partial charge in [-0.3, -0.25) is 15.0 Å². The number of alkyl halides is 1. The van der Waals surface area contributed by atoms with E-state index in [2.05, 4.69) is 46.0 Å². The van der Waals surface area contributed by atoms with E-state index in [0.717, 1.165) is 11.6 Å². The molecule has 0 radical (unpaired) electrons. The molecule has 2 aromatic heterocycles. The van der Waals surface area contributed by atoms with Crippen molar-refractivity contribution in [3.63, 3.8) is 0 Å². The zero-order chi connectivity index (χ0) is 19.2. The van der Waals surface area contributed by atoms with Gasteiger partial charge in [-0.1, -0.05) is 52.9 Å². The molecule has 0 unspecified atom stereocenters. The van der Waals surface area contributed by atoms with Crippen LogP contribution in [0.15, 0.2) is 31.0 Å². The van der Waals surface area contributed by atoms with E-state index in [9.17, 15) is 4.39 Å². The van der Waals surface area contributed by atoms with Gasteiger partial charge in [0, 0.05) is 25.6 Å². The highest BCUT2D eigenvalue weighted by Crippen LogP contribution is 2.22. The van der Waals surface area contributed by atoms with E-state index in [1.807, 2.05) is 0 Å². The van der Waals surface area contributed by atoms with Gasteiger partial charge in [0.05, 0.1) is 23.8 Å². The Morgan fingerprint density at radius 3 is 2.23 bits per heavy atom. The van der Waals surface area contributed by atoms with E-state index in [1.165, 1.54) is 38.3 Å². The molecule has 6 heteroatoms. The molecule has 5 nitrogen and oxygen atoms in total. The summed E-state index contributed by atoms with van der Waals surface area (Å²) >= 11 is 0. The summed E-state index contributed by atoms with van der Waals surface area (Å²) in [6.45, 7) is 6.00. The molecule has 3 rings (SSSR count). The fraction of sp³-hybridized carbons (Fsp3) is 0.600. The Bertz CT molecular complexity index is 567. The van der Waals surface area contributed by atoms with Crippen LogP contribution in [0.5, 0.6) is 0 Å². The van der Waals surface area contributed by atoms with Gasteiger partial charge in [0.1, 0.15) is 12.5 Å². The molecule has 1 fully saturated rings. The Balaban J connectivity index is 0.000000198. The summed E-state index contributed by atoms with van der Waals surface area (Å²) in [7, 11) is 1.71. The summed E-state index contributed by atoms with van der Waals surface area (Å²) in [4.78, 5) is 15.7. The number of hydrogen-bond acceptors (Lipinski definition) is 5. The molecule has 2 heterocycles. The smallest absolute Gasteiger partial charge is 0.144 e. The van der Waals surface area contributed by atoms with Gasteiger partial charge in [-0.15, -0.1) is 0 Å². The molecule has 2 aromatic rings. The lowest BCUT2D eigenvalue weighted by atomic mass is 9.91. The zero-order valence-corrected chi connectivity index (χ0v) is 16.5. The second kappa shape index (κ2) is 13.1. The topological polar surface area (TPSA) is 63.6 Å². The fourth-order valence-electron chi connectivity index (χ4n) is 2.51. The van der Waals surface area contributed by atoms with Gasteiger partial charge in [-0.25, -0.2) is 9.37 Å². The summed E-state index contributed by atoms with van der Waals surface area (Å²) in [5.74, 6) is 2.11. The van der Waals surface area contributed by atoms with Crippen LogP contribution in [0.3, 0.4) is 0 Å². The second-order valence-corrected chi connectivity index (χ2v) is 6.81. The Kier molecular flexibility index (Phi) is 11.1. The lowest BCUT2D eigenvalue weighted by Crippen LogP contribution is -1.99. The minimum atomic E-state index is -0.567. The van der Waals surface area contributed by atoms with Gasteiger partial charge >= 0.3 is 0 Å². The molecule has 0 aliphatic heterocycles. The quantitative estimate of drug-likeness (QED) is 0.816. The highest BCUT2D eigenvalue weighted by atomic mass is 19.1. The van der Waals surface area contributed by atoms with E-state index in [4.69, 9.17) is 0 Å². The van der Waals surface area contributed by atoms with E-state index in [0.29, 0.717) is 17.4 Å². The van der Waals surface area contributed by atoms with Crippen LogP contribution in [0.25, 0.3) is 0 Å². The van der Waals surface area contributed by atoms with Crippen molar-refractivity contribution < 1.29 is 4.39 Å². The maximum atomic E-state index is 11.9.